The van der Waals surface area contributed by atoms with Gasteiger partial charge in [-0.3, -0.25) is 0 Å². The Balaban J connectivity index is -0.0000000660. The Labute approximate surface area is 199 Å². The van der Waals surface area contributed by atoms with Crippen LogP contribution in [0.15, 0.2) is 71.8 Å². The first-order valence-corrected chi connectivity index (χ1v) is 10.3. The standard InChI is InChI=1S/2C8H10.C7H10.2C2H6.4CH4/c2*1-7-4-3-5-8(2)6-7;1-6-3-4-7(2)5-6;2*1-2;;;;/h2*3-6H,1-2H3;3-4H,5H2,1-2H3;2*1-2H3;4*1H4. The van der Waals surface area contributed by atoms with Crippen LogP contribution >= 0.6 is 0 Å². The van der Waals surface area contributed by atoms with Crippen LogP contribution in [0.5, 0.6) is 0 Å². The molecular weight excluding hydrogens is 372 g/mol. The van der Waals surface area contributed by atoms with Crippen molar-refractivity contribution in [3.05, 3.63) is 94.1 Å². The normalized spacial score (nSPS) is 9.48. The number of rotatable bonds is 0. The van der Waals surface area contributed by atoms with Gasteiger partial charge in [0.15, 0.2) is 0 Å². The number of hydrogen-bond acceptors (Lipinski definition) is 0. The Morgan fingerprint density at radius 3 is 0.774 bits per heavy atom. The zero-order chi connectivity index (χ0) is 21.2. The molecule has 0 amide bonds. The van der Waals surface area contributed by atoms with E-state index < -0.39 is 0 Å². The summed E-state index contributed by atoms with van der Waals surface area (Å²) in [6, 6.07) is 16.9. The van der Waals surface area contributed by atoms with Crippen LogP contribution in [-0.4, -0.2) is 0 Å². The van der Waals surface area contributed by atoms with Gasteiger partial charge in [-0.2, -0.15) is 0 Å². The van der Waals surface area contributed by atoms with E-state index in [1.165, 1.54) is 39.8 Å². The summed E-state index contributed by atoms with van der Waals surface area (Å²) in [5.41, 5.74) is 8.32. The molecule has 0 nitrogen and oxygen atoms in total. The predicted octanol–water partition coefficient (Wildman–Crippen LogP) is 11.5. The molecule has 0 radical (unpaired) electrons. The Kier molecular flexibility index (Phi) is 38.7. The van der Waals surface area contributed by atoms with Crippen molar-refractivity contribution in [3.8, 4) is 0 Å². The summed E-state index contributed by atoms with van der Waals surface area (Å²) in [4.78, 5) is 0. The van der Waals surface area contributed by atoms with Crippen molar-refractivity contribution < 1.29 is 0 Å². The first-order chi connectivity index (χ1) is 12.9. The topological polar surface area (TPSA) is 0 Å². The highest BCUT2D eigenvalue weighted by Gasteiger charge is 1.95. The van der Waals surface area contributed by atoms with E-state index in [1.54, 1.807) is 0 Å². The molecule has 0 saturated carbocycles. The van der Waals surface area contributed by atoms with E-state index in [4.69, 9.17) is 0 Å². The molecule has 0 aromatic heterocycles. The lowest BCUT2D eigenvalue weighted by Crippen LogP contribution is -1.71. The summed E-state index contributed by atoms with van der Waals surface area (Å²) in [7, 11) is 0. The van der Waals surface area contributed by atoms with Gasteiger partial charge in [-0.15, -0.1) is 0 Å². The highest BCUT2D eigenvalue weighted by atomic mass is 14.0. The summed E-state index contributed by atoms with van der Waals surface area (Å²) in [6.45, 7) is 20.7. The molecule has 31 heavy (non-hydrogen) atoms. The van der Waals surface area contributed by atoms with Crippen LogP contribution in [0.25, 0.3) is 0 Å². The molecule has 1 aliphatic rings. The lowest BCUT2D eigenvalue weighted by molar-refractivity contribution is 1.15. The molecule has 0 spiro atoms. The molecule has 2 aromatic rings. The third kappa shape index (κ3) is 25.9. The summed E-state index contributed by atoms with van der Waals surface area (Å²) in [5, 5.41) is 0. The molecule has 0 unspecified atom stereocenters. The monoisotopic (exact) mass is 430 g/mol. The van der Waals surface area contributed by atoms with Crippen molar-refractivity contribution in [2.24, 2.45) is 0 Å². The molecule has 3 rings (SSSR count). The minimum atomic E-state index is 0. The van der Waals surface area contributed by atoms with Gasteiger partial charge in [0.05, 0.1) is 0 Å². The molecule has 0 aliphatic heterocycles. The second-order valence-electron chi connectivity index (χ2n) is 6.52. The van der Waals surface area contributed by atoms with Gasteiger partial charge < -0.3 is 0 Å². The third-order valence-corrected chi connectivity index (χ3v) is 3.56. The van der Waals surface area contributed by atoms with Crippen molar-refractivity contribution in [1.29, 1.82) is 0 Å². The zero-order valence-electron chi connectivity index (χ0n) is 19.5. The average molecular weight is 431 g/mol. The fourth-order valence-electron chi connectivity index (χ4n) is 2.46. The summed E-state index contributed by atoms with van der Waals surface area (Å²) < 4.78 is 0. The van der Waals surface area contributed by atoms with Crippen LogP contribution in [0.3, 0.4) is 0 Å². The van der Waals surface area contributed by atoms with Crippen molar-refractivity contribution in [1.82, 2.24) is 0 Å². The fourth-order valence-corrected chi connectivity index (χ4v) is 2.46. The number of hydrogen-bond donors (Lipinski definition) is 0. The number of benzene rings is 2. The van der Waals surface area contributed by atoms with Crippen LogP contribution in [0.2, 0.25) is 0 Å². The van der Waals surface area contributed by atoms with Gasteiger partial charge in [-0.25, -0.2) is 0 Å². The molecule has 2 aromatic carbocycles. The number of aryl methyl sites for hydroxylation is 4. The van der Waals surface area contributed by atoms with Crippen LogP contribution in [0, 0.1) is 27.7 Å². The van der Waals surface area contributed by atoms with E-state index in [1.807, 2.05) is 27.7 Å². The quantitative estimate of drug-likeness (QED) is 0.389. The van der Waals surface area contributed by atoms with Crippen molar-refractivity contribution in [2.75, 3.05) is 0 Å². The molecule has 0 saturated heterocycles. The molecule has 0 atom stereocenters. The van der Waals surface area contributed by atoms with E-state index in [0.717, 1.165) is 0 Å². The largest absolute Gasteiger partial charge is 0.0776 e. The summed E-state index contributed by atoms with van der Waals surface area (Å²) in [5.74, 6) is 0. The molecule has 0 fully saturated rings. The molecule has 0 N–H and O–H groups in total. The second-order valence-corrected chi connectivity index (χ2v) is 6.52. The average Bonchev–Trinajstić information content (AvgIpc) is 3.02. The van der Waals surface area contributed by atoms with E-state index in [-0.39, 0.29) is 29.7 Å². The lowest BCUT2D eigenvalue weighted by atomic mass is 10.2. The Hall–Kier alpha value is -2.08. The van der Waals surface area contributed by atoms with Gasteiger partial charge in [-0.1, -0.05) is 151 Å². The van der Waals surface area contributed by atoms with E-state index in [9.17, 15) is 0 Å². The maximum Gasteiger partial charge on any atom is -0.0108 e. The first kappa shape index (κ1) is 42.9. The smallest absolute Gasteiger partial charge is 0.0108 e. The van der Waals surface area contributed by atoms with Gasteiger partial charge in [0.2, 0.25) is 0 Å². The first-order valence-electron chi connectivity index (χ1n) is 10.3. The van der Waals surface area contributed by atoms with E-state index in [2.05, 4.69) is 102 Å². The molecule has 182 valence electrons. The predicted molar refractivity (Wildman–Crippen MR) is 154 cm³/mol. The minimum absolute atomic E-state index is 0. The summed E-state index contributed by atoms with van der Waals surface area (Å²) >= 11 is 0. The summed E-state index contributed by atoms with van der Waals surface area (Å²) in [6.07, 6.45) is 5.55. The maximum atomic E-state index is 2.18. The van der Waals surface area contributed by atoms with Gasteiger partial charge in [0, 0.05) is 0 Å². The fraction of sp³-hybridized carbons (Fsp3) is 0.484. The van der Waals surface area contributed by atoms with Crippen LogP contribution in [-0.2, 0) is 0 Å². The Morgan fingerprint density at radius 1 is 0.452 bits per heavy atom. The molecule has 0 heterocycles. The number of allylic oxidation sites excluding steroid dienone is 4. The van der Waals surface area contributed by atoms with Gasteiger partial charge in [0.1, 0.15) is 0 Å². The zero-order valence-corrected chi connectivity index (χ0v) is 19.5. The molecule has 0 heteroatoms. The maximum absolute atomic E-state index is 2.18. The van der Waals surface area contributed by atoms with Gasteiger partial charge in [-0.05, 0) is 48.0 Å². The Morgan fingerprint density at radius 2 is 0.677 bits per heavy atom. The van der Waals surface area contributed by atoms with Crippen molar-refractivity contribution in [3.63, 3.8) is 0 Å². The Bertz CT molecular complexity index is 578. The van der Waals surface area contributed by atoms with E-state index >= 15 is 0 Å². The minimum Gasteiger partial charge on any atom is -0.0776 e. The SMILES string of the molecule is C.C.C.C.CC.CC.CC1=CC=C(C)C1.Cc1cccc(C)c1.Cc1cccc(C)c1. The van der Waals surface area contributed by atoms with Crippen molar-refractivity contribution in [2.45, 2.75) is 105 Å². The van der Waals surface area contributed by atoms with Gasteiger partial charge in [0.25, 0.3) is 0 Å². The molecule has 1 aliphatic carbocycles. The molecular formula is C31H58. The van der Waals surface area contributed by atoms with Gasteiger partial charge >= 0.3 is 0 Å². The molecule has 0 bridgehead atoms. The lowest BCUT2D eigenvalue weighted by Gasteiger charge is -1.90. The highest BCUT2D eigenvalue weighted by molar-refractivity contribution is 5.27. The van der Waals surface area contributed by atoms with Crippen LogP contribution in [0.4, 0.5) is 0 Å². The van der Waals surface area contributed by atoms with E-state index in [0.29, 0.717) is 0 Å². The van der Waals surface area contributed by atoms with Crippen molar-refractivity contribution >= 4 is 0 Å². The van der Waals surface area contributed by atoms with Crippen LogP contribution < -0.4 is 0 Å². The second kappa shape index (κ2) is 27.9. The van der Waals surface area contributed by atoms with Crippen LogP contribution in [0.1, 0.15) is 99.9 Å². The third-order valence-electron chi connectivity index (χ3n) is 3.56. The highest BCUT2D eigenvalue weighted by Crippen LogP contribution is 2.16.